The van der Waals surface area contributed by atoms with Crippen molar-refractivity contribution in [3.8, 4) is 22.7 Å². The number of Topliss-reactive ketones (excluding diaryl/α,β-unsaturated/α-hetero) is 1. The Hall–Kier alpha value is -3.45. The number of ether oxygens (including phenoxy) is 2. The number of nitrogens with zero attached hydrogens (tertiary/aromatic N) is 4. The Morgan fingerprint density at radius 3 is 2.68 bits per heavy atom. The highest BCUT2D eigenvalue weighted by Crippen LogP contribution is 2.33. The molecule has 1 aliphatic carbocycles. The maximum atomic E-state index is 11.9. The lowest BCUT2D eigenvalue weighted by molar-refractivity contribution is -0.139. The number of carbonyl (C=O) groups excluding carboxylic acids is 1. The summed E-state index contributed by atoms with van der Waals surface area (Å²) >= 11 is 0. The van der Waals surface area contributed by atoms with Crippen molar-refractivity contribution in [1.29, 1.82) is 0 Å². The van der Waals surface area contributed by atoms with Crippen molar-refractivity contribution >= 4 is 16.7 Å². The fourth-order valence-corrected chi connectivity index (χ4v) is 3.89. The number of carbonyl (C=O) groups is 1. The number of aromatic nitrogens is 4. The smallest absolute Gasteiger partial charge is 0.161 e. The van der Waals surface area contributed by atoms with E-state index >= 15 is 0 Å². The van der Waals surface area contributed by atoms with Gasteiger partial charge >= 0.3 is 0 Å². The van der Waals surface area contributed by atoms with E-state index in [-0.39, 0.29) is 12.4 Å². The molecule has 2 aromatic carbocycles. The maximum absolute atomic E-state index is 11.9. The summed E-state index contributed by atoms with van der Waals surface area (Å²) in [6, 6.07) is 16.3. The minimum Gasteiger partial charge on any atom is -0.490 e. The Bertz CT molecular complexity index is 1350. The molecular formula is C27H30N4O3. The topological polar surface area (TPSA) is 71.2 Å². The summed E-state index contributed by atoms with van der Waals surface area (Å²) in [5.74, 6) is 0.841. The van der Waals surface area contributed by atoms with Crippen LogP contribution in [0.3, 0.4) is 0 Å². The zero-order chi connectivity index (χ0) is 23.9. The zero-order valence-corrected chi connectivity index (χ0v) is 20.1. The molecule has 4 aromatic rings. The molecule has 0 amide bonds. The van der Waals surface area contributed by atoms with Crippen LogP contribution in [0.25, 0.3) is 27.8 Å². The van der Waals surface area contributed by atoms with Gasteiger partial charge in [0.2, 0.25) is 0 Å². The third-order valence-corrected chi connectivity index (χ3v) is 6.31. The standard InChI is InChI=1S/C27H30N4O3/c1-5-30-26-20(16-28-30)9-7-11-24(26)31-25(15-21(29-31)17-33-27(3,4)18(2)32)19-8-6-10-23(14-19)34-22-12-13-22/h6-11,14-16,22H,5,12-13,17H2,1-4H3. The predicted molar refractivity (Wildman–Crippen MR) is 131 cm³/mol. The van der Waals surface area contributed by atoms with Crippen molar-refractivity contribution in [2.75, 3.05) is 0 Å². The lowest BCUT2D eigenvalue weighted by Crippen LogP contribution is -2.32. The highest BCUT2D eigenvalue weighted by atomic mass is 16.5. The van der Waals surface area contributed by atoms with Crippen LogP contribution in [0.1, 0.15) is 46.2 Å². The summed E-state index contributed by atoms with van der Waals surface area (Å²) in [5, 5.41) is 10.5. The Morgan fingerprint density at radius 2 is 1.94 bits per heavy atom. The van der Waals surface area contributed by atoms with Crippen molar-refractivity contribution in [1.82, 2.24) is 19.6 Å². The van der Waals surface area contributed by atoms with E-state index in [2.05, 4.69) is 36.3 Å². The number of rotatable bonds is 9. The van der Waals surface area contributed by atoms with Gasteiger partial charge in [0.1, 0.15) is 11.4 Å². The van der Waals surface area contributed by atoms with Gasteiger partial charge in [-0.15, -0.1) is 0 Å². The number of hydrogen-bond acceptors (Lipinski definition) is 5. The van der Waals surface area contributed by atoms with E-state index in [0.717, 1.165) is 58.7 Å². The van der Waals surface area contributed by atoms with Gasteiger partial charge < -0.3 is 9.47 Å². The Balaban J connectivity index is 1.61. The van der Waals surface area contributed by atoms with Crippen molar-refractivity contribution < 1.29 is 14.3 Å². The first-order valence-electron chi connectivity index (χ1n) is 11.8. The highest BCUT2D eigenvalue weighted by molar-refractivity contribution is 5.87. The molecule has 5 rings (SSSR count). The minimum atomic E-state index is -0.872. The van der Waals surface area contributed by atoms with Gasteiger partial charge in [-0.05, 0) is 64.8 Å². The molecule has 0 N–H and O–H groups in total. The van der Waals surface area contributed by atoms with Crippen molar-refractivity contribution in [3.05, 3.63) is 60.4 Å². The molecule has 0 unspecified atom stereocenters. The summed E-state index contributed by atoms with van der Waals surface area (Å²) in [6.45, 7) is 8.18. The minimum absolute atomic E-state index is 0.0197. The third kappa shape index (κ3) is 4.35. The van der Waals surface area contributed by atoms with Gasteiger partial charge in [-0.2, -0.15) is 10.2 Å². The van der Waals surface area contributed by atoms with Gasteiger partial charge in [-0.25, -0.2) is 4.68 Å². The Morgan fingerprint density at radius 1 is 1.15 bits per heavy atom. The maximum Gasteiger partial charge on any atom is 0.161 e. The van der Waals surface area contributed by atoms with Crippen LogP contribution in [0.2, 0.25) is 0 Å². The van der Waals surface area contributed by atoms with Gasteiger partial charge in [0.25, 0.3) is 0 Å². The summed E-state index contributed by atoms with van der Waals surface area (Å²) in [6.07, 6.45) is 4.43. The van der Waals surface area contributed by atoms with Crippen LogP contribution < -0.4 is 4.74 Å². The van der Waals surface area contributed by atoms with Crippen molar-refractivity contribution in [2.24, 2.45) is 0 Å². The fourth-order valence-electron chi connectivity index (χ4n) is 3.89. The van der Waals surface area contributed by atoms with E-state index in [4.69, 9.17) is 14.6 Å². The van der Waals surface area contributed by atoms with Gasteiger partial charge in [-0.3, -0.25) is 9.48 Å². The molecule has 0 spiro atoms. The van der Waals surface area contributed by atoms with E-state index in [1.54, 1.807) is 20.8 Å². The number of hydrogen-bond donors (Lipinski definition) is 0. The van der Waals surface area contributed by atoms with Crippen LogP contribution in [0.15, 0.2) is 54.7 Å². The summed E-state index contributed by atoms with van der Waals surface area (Å²) < 4.78 is 15.9. The van der Waals surface area contributed by atoms with E-state index in [1.807, 2.05) is 39.8 Å². The second kappa shape index (κ2) is 8.72. The largest absolute Gasteiger partial charge is 0.490 e. The van der Waals surface area contributed by atoms with Crippen LogP contribution in [0.4, 0.5) is 0 Å². The second-order valence-corrected chi connectivity index (χ2v) is 9.31. The molecule has 0 saturated heterocycles. The van der Waals surface area contributed by atoms with Crippen LogP contribution in [-0.4, -0.2) is 37.0 Å². The van der Waals surface area contributed by atoms with E-state index in [1.165, 1.54) is 0 Å². The average Bonchev–Trinajstić information content (AvgIpc) is 3.37. The second-order valence-electron chi connectivity index (χ2n) is 9.31. The molecule has 1 saturated carbocycles. The predicted octanol–water partition coefficient (Wildman–Crippen LogP) is 5.33. The molecule has 176 valence electrons. The summed E-state index contributed by atoms with van der Waals surface area (Å²) in [7, 11) is 0. The molecular weight excluding hydrogens is 428 g/mol. The molecule has 0 radical (unpaired) electrons. The van der Waals surface area contributed by atoms with Crippen LogP contribution in [0.5, 0.6) is 5.75 Å². The third-order valence-electron chi connectivity index (χ3n) is 6.31. The van der Waals surface area contributed by atoms with Crippen LogP contribution >= 0.6 is 0 Å². The highest BCUT2D eigenvalue weighted by Gasteiger charge is 2.26. The lowest BCUT2D eigenvalue weighted by atomic mass is 10.1. The molecule has 7 nitrogen and oxygen atoms in total. The normalized spacial score (nSPS) is 14.0. The van der Waals surface area contributed by atoms with Crippen molar-refractivity contribution in [2.45, 2.75) is 65.4 Å². The first-order valence-corrected chi connectivity index (χ1v) is 11.8. The lowest BCUT2D eigenvalue weighted by Gasteiger charge is -2.21. The number of ketones is 1. The van der Waals surface area contributed by atoms with Gasteiger partial charge in [0, 0.05) is 17.5 Å². The number of fused-ring (bicyclic) bond motifs is 1. The van der Waals surface area contributed by atoms with Crippen LogP contribution in [-0.2, 0) is 22.7 Å². The molecule has 0 atom stereocenters. The summed E-state index contributed by atoms with van der Waals surface area (Å²) in [5.41, 5.74) is 3.77. The molecule has 0 bridgehead atoms. The molecule has 2 heterocycles. The van der Waals surface area contributed by atoms with E-state index in [9.17, 15) is 4.79 Å². The monoisotopic (exact) mass is 458 g/mol. The molecule has 2 aromatic heterocycles. The summed E-state index contributed by atoms with van der Waals surface area (Å²) in [4.78, 5) is 11.9. The first-order chi connectivity index (χ1) is 16.4. The first kappa shape index (κ1) is 22.3. The molecule has 1 aliphatic rings. The Labute approximate surface area is 199 Å². The van der Waals surface area contributed by atoms with Gasteiger partial charge in [0.15, 0.2) is 5.78 Å². The average molecular weight is 459 g/mol. The van der Waals surface area contributed by atoms with Gasteiger partial charge in [-0.1, -0.05) is 24.3 Å². The fraction of sp³-hybridized carbons (Fsp3) is 0.370. The van der Waals surface area contributed by atoms with Gasteiger partial charge in [0.05, 0.1) is 41.5 Å². The SMILES string of the molecule is CCn1ncc2cccc(-n3nc(COC(C)(C)C(C)=O)cc3-c3cccc(OC4CC4)c3)c21. The van der Waals surface area contributed by atoms with Crippen molar-refractivity contribution in [3.63, 3.8) is 0 Å². The molecule has 1 fully saturated rings. The molecule has 7 heteroatoms. The van der Waals surface area contributed by atoms with Crippen LogP contribution in [0, 0.1) is 0 Å². The number of para-hydroxylation sites is 1. The zero-order valence-electron chi connectivity index (χ0n) is 20.1. The van der Waals surface area contributed by atoms with E-state index < -0.39 is 5.60 Å². The number of aryl methyl sites for hydroxylation is 1. The molecule has 0 aliphatic heterocycles. The number of benzene rings is 2. The Kier molecular flexibility index (Phi) is 5.73. The quantitative estimate of drug-likeness (QED) is 0.339. The molecule has 34 heavy (non-hydrogen) atoms. The van der Waals surface area contributed by atoms with E-state index in [0.29, 0.717) is 6.10 Å².